The van der Waals surface area contributed by atoms with Crippen LogP contribution in [0.3, 0.4) is 0 Å². The van der Waals surface area contributed by atoms with E-state index in [0.29, 0.717) is 19.3 Å². The lowest BCUT2D eigenvalue weighted by Gasteiger charge is -2.18. The SMILES string of the molecule is CC/C=C/C=C/C=C/C=C/C=C/CCCC(=O)OCC(COC(=O)CCCCCCCCCCCCCCCCCCC)OC(=O)CCCCC/C=C/C/C=C/C/C=C/C/C=C/CC. The normalized spacial score (nSPS) is 13.0. The van der Waals surface area contributed by atoms with Gasteiger partial charge in [-0.1, -0.05) is 239 Å². The lowest BCUT2D eigenvalue weighted by atomic mass is 10.0. The first-order chi connectivity index (χ1) is 31.5. The van der Waals surface area contributed by atoms with E-state index in [-0.39, 0.29) is 44.0 Å². The van der Waals surface area contributed by atoms with Gasteiger partial charge in [0.25, 0.3) is 0 Å². The molecule has 1 unspecified atom stereocenters. The van der Waals surface area contributed by atoms with Crippen molar-refractivity contribution < 1.29 is 28.6 Å². The van der Waals surface area contributed by atoms with E-state index in [1.165, 1.54) is 89.9 Å². The van der Waals surface area contributed by atoms with Gasteiger partial charge in [0.15, 0.2) is 6.10 Å². The van der Waals surface area contributed by atoms with E-state index in [1.807, 2.05) is 54.7 Å². The number of esters is 3. The van der Waals surface area contributed by atoms with E-state index in [4.69, 9.17) is 14.2 Å². The zero-order valence-electron chi connectivity index (χ0n) is 41.3. The Hall–Kier alpha value is -3.93. The third-order valence-corrected chi connectivity index (χ3v) is 10.7. The molecule has 6 heteroatoms. The molecule has 6 nitrogen and oxygen atoms in total. The van der Waals surface area contributed by atoms with Gasteiger partial charge < -0.3 is 14.2 Å². The van der Waals surface area contributed by atoms with Crippen LogP contribution < -0.4 is 0 Å². The van der Waals surface area contributed by atoms with E-state index in [0.717, 1.165) is 77.0 Å². The van der Waals surface area contributed by atoms with Gasteiger partial charge in [-0.2, -0.15) is 0 Å². The number of carbonyl (C=O) groups is 3. The molecule has 0 aromatic carbocycles. The maximum atomic E-state index is 12.8. The molecule has 0 bridgehead atoms. The monoisotopic (exact) mass is 887 g/mol. The van der Waals surface area contributed by atoms with Crippen LogP contribution in [0, 0.1) is 0 Å². The average Bonchev–Trinajstić information content (AvgIpc) is 3.29. The van der Waals surface area contributed by atoms with Gasteiger partial charge in [0.05, 0.1) is 0 Å². The number of unbranched alkanes of at least 4 members (excludes halogenated alkanes) is 20. The van der Waals surface area contributed by atoms with E-state index in [2.05, 4.69) is 75.5 Å². The maximum absolute atomic E-state index is 12.8. The second-order valence-corrected chi connectivity index (χ2v) is 16.8. The molecule has 0 aliphatic heterocycles. The van der Waals surface area contributed by atoms with Crippen LogP contribution in [0.2, 0.25) is 0 Å². The van der Waals surface area contributed by atoms with Crippen LogP contribution in [0.5, 0.6) is 0 Å². The van der Waals surface area contributed by atoms with Crippen LogP contribution in [0.25, 0.3) is 0 Å². The van der Waals surface area contributed by atoms with Gasteiger partial charge in [-0.3, -0.25) is 14.4 Å². The first-order valence-corrected chi connectivity index (χ1v) is 26.0. The summed E-state index contributed by atoms with van der Waals surface area (Å²) in [6.45, 7) is 6.29. The molecule has 362 valence electrons. The minimum Gasteiger partial charge on any atom is -0.462 e. The minimum absolute atomic E-state index is 0.114. The van der Waals surface area contributed by atoms with Gasteiger partial charge in [-0.15, -0.1) is 0 Å². The van der Waals surface area contributed by atoms with E-state index in [9.17, 15) is 14.4 Å². The summed E-state index contributed by atoms with van der Waals surface area (Å²) < 4.78 is 16.7. The zero-order valence-corrected chi connectivity index (χ0v) is 41.3. The van der Waals surface area contributed by atoms with Crippen molar-refractivity contribution in [1.82, 2.24) is 0 Å². The van der Waals surface area contributed by atoms with Gasteiger partial charge in [0.2, 0.25) is 0 Å². The molecule has 0 fully saturated rings. The molecule has 0 amide bonds. The topological polar surface area (TPSA) is 78.9 Å². The molecule has 0 saturated carbocycles. The van der Waals surface area contributed by atoms with Crippen molar-refractivity contribution in [2.24, 2.45) is 0 Å². The summed E-state index contributed by atoms with van der Waals surface area (Å²) in [7, 11) is 0. The van der Waals surface area contributed by atoms with E-state index < -0.39 is 6.10 Å². The molecule has 0 aliphatic carbocycles. The molecule has 1 atom stereocenters. The van der Waals surface area contributed by atoms with Gasteiger partial charge in [-0.05, 0) is 70.6 Å². The summed E-state index contributed by atoms with van der Waals surface area (Å²) >= 11 is 0. The highest BCUT2D eigenvalue weighted by atomic mass is 16.6. The summed E-state index contributed by atoms with van der Waals surface area (Å²) in [4.78, 5) is 38.0. The van der Waals surface area contributed by atoms with E-state index in [1.54, 1.807) is 0 Å². The number of rotatable bonds is 45. The number of hydrogen-bond donors (Lipinski definition) is 0. The Morgan fingerprint density at radius 1 is 0.344 bits per heavy atom. The van der Waals surface area contributed by atoms with Gasteiger partial charge in [0, 0.05) is 19.3 Å². The number of hydrogen-bond acceptors (Lipinski definition) is 6. The smallest absolute Gasteiger partial charge is 0.306 e. The first kappa shape index (κ1) is 60.1. The second-order valence-electron chi connectivity index (χ2n) is 16.8. The number of ether oxygens (including phenoxy) is 3. The molecule has 0 aromatic heterocycles. The van der Waals surface area contributed by atoms with E-state index >= 15 is 0 Å². The maximum Gasteiger partial charge on any atom is 0.306 e. The first-order valence-electron chi connectivity index (χ1n) is 26.0. The predicted molar refractivity (Wildman–Crippen MR) is 274 cm³/mol. The third-order valence-electron chi connectivity index (χ3n) is 10.7. The highest BCUT2D eigenvalue weighted by molar-refractivity contribution is 5.71. The summed E-state index contributed by atoms with van der Waals surface area (Å²) in [5, 5.41) is 0. The van der Waals surface area contributed by atoms with Crippen molar-refractivity contribution in [2.45, 2.75) is 226 Å². The fourth-order valence-corrected chi connectivity index (χ4v) is 6.82. The molecule has 0 spiro atoms. The molecule has 0 aromatic rings. The second kappa shape index (κ2) is 51.7. The molecular weight excluding hydrogens is 793 g/mol. The van der Waals surface area contributed by atoms with Gasteiger partial charge >= 0.3 is 17.9 Å². The summed E-state index contributed by atoms with van der Waals surface area (Å²) in [5.41, 5.74) is 0. The Morgan fingerprint density at radius 3 is 1.19 bits per heavy atom. The Kier molecular flexibility index (Phi) is 48.5. The van der Waals surface area contributed by atoms with Crippen molar-refractivity contribution in [1.29, 1.82) is 0 Å². The standard InChI is InChI=1S/C58H94O6/c1-4-7-10-13-16-19-22-25-27-29-31-33-36-39-42-45-48-51-57(60)63-54-55(53-62-56(59)50-47-44-41-38-35-32-24-21-18-15-12-9-6-3)64-58(61)52-49-46-43-40-37-34-30-28-26-23-20-17-14-11-8-5-2/h8-9,11-12,15,17-18,20-21,24,26,28,32,34-35,37-38,41,55H,4-7,10,13-14,16,19,22-23,25,27,29-31,33,36,39-40,42-54H2,1-3H3/b11-8+,12-9+,18-15+,20-17+,24-21+,28-26+,35-32+,37-34+,41-38+. The van der Waals surface area contributed by atoms with Crippen LogP contribution in [0.1, 0.15) is 220 Å². The average molecular weight is 887 g/mol. The minimum atomic E-state index is -0.823. The largest absolute Gasteiger partial charge is 0.462 e. The lowest BCUT2D eigenvalue weighted by molar-refractivity contribution is -0.167. The highest BCUT2D eigenvalue weighted by Gasteiger charge is 2.19. The van der Waals surface area contributed by atoms with Gasteiger partial charge in [-0.25, -0.2) is 0 Å². The quantitative estimate of drug-likeness (QED) is 0.0199. The zero-order chi connectivity index (χ0) is 46.5. The Morgan fingerprint density at radius 2 is 0.703 bits per heavy atom. The van der Waals surface area contributed by atoms with Crippen molar-refractivity contribution in [3.63, 3.8) is 0 Å². The number of carbonyl (C=O) groups excluding carboxylic acids is 3. The molecule has 0 rings (SSSR count). The molecule has 0 radical (unpaired) electrons. The van der Waals surface area contributed by atoms with Crippen LogP contribution in [0.15, 0.2) is 109 Å². The lowest BCUT2D eigenvalue weighted by Crippen LogP contribution is -2.30. The van der Waals surface area contributed by atoms with Crippen molar-refractivity contribution >= 4 is 17.9 Å². The Balaban J connectivity index is 4.51. The van der Waals surface area contributed by atoms with Gasteiger partial charge in [0.1, 0.15) is 13.2 Å². The molecule has 64 heavy (non-hydrogen) atoms. The third kappa shape index (κ3) is 49.1. The fraction of sp³-hybridized carbons (Fsp3) is 0.638. The Labute approximate surface area is 393 Å². The van der Waals surface area contributed by atoms with Crippen LogP contribution >= 0.6 is 0 Å². The van der Waals surface area contributed by atoms with Crippen LogP contribution in [-0.4, -0.2) is 37.2 Å². The van der Waals surface area contributed by atoms with Crippen LogP contribution in [-0.2, 0) is 28.6 Å². The van der Waals surface area contributed by atoms with Crippen molar-refractivity contribution in [2.75, 3.05) is 13.2 Å². The molecule has 0 aliphatic rings. The molecule has 0 N–H and O–H groups in total. The fourth-order valence-electron chi connectivity index (χ4n) is 6.82. The molecule has 0 heterocycles. The number of allylic oxidation sites excluding steroid dienone is 18. The summed E-state index contributed by atoms with van der Waals surface area (Å²) in [5.74, 6) is -1.03. The summed E-state index contributed by atoms with van der Waals surface area (Å²) in [6, 6.07) is 0. The Bertz CT molecular complexity index is 1340. The molecule has 0 saturated heterocycles. The van der Waals surface area contributed by atoms with Crippen LogP contribution in [0.4, 0.5) is 0 Å². The molecular formula is C58H94O6. The van der Waals surface area contributed by atoms with Crippen molar-refractivity contribution in [3.8, 4) is 0 Å². The highest BCUT2D eigenvalue weighted by Crippen LogP contribution is 2.15. The summed E-state index contributed by atoms with van der Waals surface area (Å²) in [6.07, 6.45) is 69.4. The predicted octanol–water partition coefficient (Wildman–Crippen LogP) is 17.1. The van der Waals surface area contributed by atoms with Crippen molar-refractivity contribution in [3.05, 3.63) is 109 Å².